The van der Waals surface area contributed by atoms with Crippen molar-refractivity contribution in [2.75, 3.05) is 19.5 Å². The van der Waals surface area contributed by atoms with Crippen molar-refractivity contribution in [2.45, 2.75) is 19.3 Å². The number of carbonyl (C=O) groups is 1. The number of rotatable bonds is 11. The number of nitrogens with zero attached hydrogens (tertiary/aromatic N) is 4. The van der Waals surface area contributed by atoms with Crippen LogP contribution in [0.2, 0.25) is 15.1 Å². The van der Waals surface area contributed by atoms with E-state index in [4.69, 9.17) is 49.1 Å². The van der Waals surface area contributed by atoms with Crippen LogP contribution < -0.4 is 10.2 Å². The monoisotopic (exact) mass is 849 g/mol. The molecule has 4 rings (SSSR count). The number of methoxy groups -OCH3 is 2. The quantitative estimate of drug-likeness (QED) is 0.0291. The molecule has 0 bridgehead atoms. The standard InChI is InChI=1S/C21H20ClNO4.C13H4Cl2F6N4O4/c1-15(8-9-16-10-12-17(22)13-11-16)23-27-20-7-5-4-6-18(20)19(14-25-2)21(24)26-3;14-6-1-4(12(16,17)18)3-22-11(6)23-9-7(24(26)27)2-5(13(19,20)21)8(15)10(9)25(28)29/h4-14H,1-3H3;1-3H,(H,22,23)/b9-8+,19-14+,23-15+;. The normalized spacial score (nSPS) is 12.1. The number of nitro groups is 2. The number of pyridine rings is 1. The number of para-hydroxylation sites is 1. The number of esters is 1. The van der Waals surface area contributed by atoms with Gasteiger partial charge >= 0.3 is 29.7 Å². The van der Waals surface area contributed by atoms with Crippen molar-refractivity contribution < 1.29 is 55.3 Å². The molecule has 0 atom stereocenters. The molecule has 0 unspecified atom stereocenters. The summed E-state index contributed by atoms with van der Waals surface area (Å²) >= 11 is 16.9. The summed E-state index contributed by atoms with van der Waals surface area (Å²) in [4.78, 5) is 40.4. The fraction of sp³-hybridized carbons (Fsp3) is 0.147. The van der Waals surface area contributed by atoms with Crippen molar-refractivity contribution in [3.05, 3.63) is 137 Å². The van der Waals surface area contributed by atoms with E-state index < -0.39 is 72.2 Å². The molecule has 0 amide bonds. The second-order valence-electron chi connectivity index (χ2n) is 10.6. The minimum absolute atomic E-state index is 0.0599. The van der Waals surface area contributed by atoms with Gasteiger partial charge in [0.1, 0.15) is 16.4 Å². The summed E-state index contributed by atoms with van der Waals surface area (Å²) in [5, 5.41) is 26.9. The molecule has 0 aliphatic heterocycles. The summed E-state index contributed by atoms with van der Waals surface area (Å²) in [6, 6.07) is 14.7. The van der Waals surface area contributed by atoms with Gasteiger partial charge in [0, 0.05) is 22.8 Å². The number of aromatic nitrogens is 1. The summed E-state index contributed by atoms with van der Waals surface area (Å²) in [5.41, 5.74) is -4.87. The topological polar surface area (TPSA) is 168 Å². The van der Waals surface area contributed by atoms with Crippen LogP contribution in [0.1, 0.15) is 29.2 Å². The maximum Gasteiger partial charge on any atom is 0.418 e. The van der Waals surface area contributed by atoms with Gasteiger partial charge in [-0.15, -0.1) is 0 Å². The Bertz CT molecular complexity index is 2200. The van der Waals surface area contributed by atoms with Gasteiger partial charge in [0.2, 0.25) is 0 Å². The van der Waals surface area contributed by atoms with Crippen LogP contribution in [0, 0.1) is 20.2 Å². The van der Waals surface area contributed by atoms with Crippen LogP contribution in [0.25, 0.3) is 11.6 Å². The van der Waals surface area contributed by atoms with Crippen molar-refractivity contribution in [1.29, 1.82) is 0 Å². The van der Waals surface area contributed by atoms with Crippen LogP contribution in [0.5, 0.6) is 5.75 Å². The van der Waals surface area contributed by atoms with Gasteiger partial charge in [-0.2, -0.15) is 26.3 Å². The Kier molecular flexibility index (Phi) is 15.2. The molecule has 1 aromatic heterocycles. The smallest absolute Gasteiger partial charge is 0.418 e. The molecule has 0 radical (unpaired) electrons. The minimum atomic E-state index is -5.27. The van der Waals surface area contributed by atoms with Crippen molar-refractivity contribution in [1.82, 2.24) is 4.98 Å². The summed E-state index contributed by atoms with van der Waals surface area (Å²) in [6.07, 6.45) is -4.82. The lowest BCUT2D eigenvalue weighted by molar-refractivity contribution is -0.392. The number of hydrogen-bond acceptors (Lipinski definition) is 11. The number of nitro benzene ring substituents is 2. The van der Waals surface area contributed by atoms with Gasteiger partial charge < -0.3 is 19.6 Å². The molecular formula is C34H24Cl3F6N5O8. The van der Waals surface area contributed by atoms with E-state index in [1.807, 2.05) is 41.7 Å². The maximum absolute atomic E-state index is 13.0. The van der Waals surface area contributed by atoms with Crippen LogP contribution in [-0.4, -0.2) is 40.7 Å². The molecule has 56 heavy (non-hydrogen) atoms. The highest BCUT2D eigenvalue weighted by atomic mass is 35.5. The Morgan fingerprint density at radius 2 is 1.57 bits per heavy atom. The van der Waals surface area contributed by atoms with E-state index in [0.717, 1.165) is 5.56 Å². The second-order valence-corrected chi connectivity index (χ2v) is 11.9. The first-order valence-electron chi connectivity index (χ1n) is 15.0. The van der Waals surface area contributed by atoms with E-state index in [9.17, 15) is 51.4 Å². The number of ether oxygens (including phenoxy) is 2. The highest BCUT2D eigenvalue weighted by Crippen LogP contribution is 2.48. The number of nitrogens with one attached hydrogen (secondary N) is 1. The van der Waals surface area contributed by atoms with Crippen molar-refractivity contribution in [3.63, 3.8) is 0 Å². The summed E-state index contributed by atoms with van der Waals surface area (Å²) < 4.78 is 86.8. The molecule has 1 N–H and O–H groups in total. The Morgan fingerprint density at radius 3 is 2.11 bits per heavy atom. The number of benzene rings is 3. The van der Waals surface area contributed by atoms with Crippen LogP contribution in [-0.2, 0) is 26.6 Å². The first-order valence-corrected chi connectivity index (χ1v) is 16.1. The third-order valence-electron chi connectivity index (χ3n) is 6.81. The lowest BCUT2D eigenvalue weighted by atomic mass is 10.1. The number of anilines is 2. The Balaban J connectivity index is 0.000000301. The zero-order valence-electron chi connectivity index (χ0n) is 28.5. The second kappa shape index (κ2) is 19.1. The molecule has 0 aliphatic carbocycles. The van der Waals surface area contributed by atoms with Crippen LogP contribution in [0.4, 0.5) is 49.2 Å². The first-order chi connectivity index (χ1) is 26.2. The number of halogens is 9. The lowest BCUT2D eigenvalue weighted by Gasteiger charge is -2.14. The molecule has 0 saturated heterocycles. The molecule has 13 nitrogen and oxygen atoms in total. The molecular weight excluding hydrogens is 827 g/mol. The minimum Gasteiger partial charge on any atom is -0.503 e. The van der Waals surface area contributed by atoms with Gasteiger partial charge in [-0.05, 0) is 42.8 Å². The molecule has 296 valence electrons. The van der Waals surface area contributed by atoms with Gasteiger partial charge in [0.15, 0.2) is 11.4 Å². The van der Waals surface area contributed by atoms with Crippen LogP contribution in [0.15, 0.2) is 84.4 Å². The SMILES string of the molecule is CO/C=C(/C(=O)OC)c1ccccc1O/N=C(C)/C=C/c1ccc(Cl)cc1.O=[N+]([O-])c1cc(C(F)(F)F)c(Cl)c([N+](=O)[O-])c1Nc1ncc(C(F)(F)F)cc1Cl. The lowest BCUT2D eigenvalue weighted by Crippen LogP contribution is -2.12. The third-order valence-corrected chi connectivity index (χ3v) is 7.73. The summed E-state index contributed by atoms with van der Waals surface area (Å²) in [7, 11) is 2.76. The van der Waals surface area contributed by atoms with E-state index in [1.165, 1.54) is 20.5 Å². The predicted molar refractivity (Wildman–Crippen MR) is 195 cm³/mol. The molecule has 3 aromatic carbocycles. The van der Waals surface area contributed by atoms with E-state index >= 15 is 0 Å². The van der Waals surface area contributed by atoms with E-state index in [0.29, 0.717) is 28.1 Å². The molecule has 1 heterocycles. The molecule has 4 aromatic rings. The Hall–Kier alpha value is -5.92. The van der Waals surface area contributed by atoms with Gasteiger partial charge in [-0.3, -0.25) is 20.2 Å². The maximum atomic E-state index is 13.0. The highest BCUT2D eigenvalue weighted by Gasteiger charge is 2.42. The average molecular weight is 851 g/mol. The summed E-state index contributed by atoms with van der Waals surface area (Å²) in [6.45, 7) is 1.81. The first kappa shape index (κ1) is 44.5. The number of oxime groups is 1. The molecule has 22 heteroatoms. The zero-order chi connectivity index (χ0) is 42.0. The fourth-order valence-corrected chi connectivity index (χ4v) is 4.90. The number of allylic oxidation sites excluding steroid dienone is 1. The van der Waals surface area contributed by atoms with E-state index in [2.05, 4.69) is 10.1 Å². The molecule has 0 saturated carbocycles. The molecule has 0 fully saturated rings. The Labute approximate surface area is 327 Å². The van der Waals surface area contributed by atoms with E-state index in [-0.39, 0.29) is 17.8 Å². The third kappa shape index (κ3) is 11.8. The van der Waals surface area contributed by atoms with E-state index in [1.54, 1.807) is 31.2 Å². The van der Waals surface area contributed by atoms with Gasteiger partial charge in [-0.25, -0.2) is 9.78 Å². The predicted octanol–water partition coefficient (Wildman–Crippen LogP) is 11.0. The molecule has 0 spiro atoms. The molecule has 0 aliphatic rings. The highest BCUT2D eigenvalue weighted by molar-refractivity contribution is 6.35. The Morgan fingerprint density at radius 1 is 0.929 bits per heavy atom. The zero-order valence-corrected chi connectivity index (χ0v) is 30.8. The van der Waals surface area contributed by atoms with Crippen LogP contribution >= 0.6 is 34.8 Å². The average Bonchev–Trinajstić information content (AvgIpc) is 3.12. The van der Waals surface area contributed by atoms with Gasteiger partial charge in [0.05, 0.1) is 52.2 Å². The van der Waals surface area contributed by atoms with Crippen molar-refractivity contribution in [3.8, 4) is 5.75 Å². The van der Waals surface area contributed by atoms with Crippen LogP contribution in [0.3, 0.4) is 0 Å². The number of alkyl halides is 6. The summed E-state index contributed by atoms with van der Waals surface area (Å²) in [5.74, 6) is -0.844. The van der Waals surface area contributed by atoms with Crippen molar-refractivity contribution >= 4 is 81.0 Å². The van der Waals surface area contributed by atoms with Gasteiger partial charge in [-0.1, -0.05) is 76.4 Å². The largest absolute Gasteiger partial charge is 0.503 e. The van der Waals surface area contributed by atoms with Gasteiger partial charge in [0.25, 0.3) is 0 Å². The number of hydrogen-bond donors (Lipinski definition) is 1. The van der Waals surface area contributed by atoms with Crippen molar-refractivity contribution in [2.24, 2.45) is 5.16 Å². The number of carbonyl (C=O) groups excluding carboxylic acids is 1. The fourth-order valence-electron chi connectivity index (χ4n) is 4.24.